The van der Waals surface area contributed by atoms with E-state index in [0.717, 1.165) is 36.8 Å². The topological polar surface area (TPSA) is 72.2 Å². The van der Waals surface area contributed by atoms with Gasteiger partial charge in [-0.05, 0) is 48.2 Å². The van der Waals surface area contributed by atoms with E-state index in [0.29, 0.717) is 10.6 Å². The van der Waals surface area contributed by atoms with Crippen LogP contribution in [0.1, 0.15) is 32.1 Å². The van der Waals surface area contributed by atoms with Crippen LogP contribution in [0.4, 0.5) is 5.69 Å². The van der Waals surface area contributed by atoms with Crippen molar-refractivity contribution in [2.24, 2.45) is 0 Å². The van der Waals surface area contributed by atoms with Crippen LogP contribution in [-0.4, -0.2) is 14.5 Å². The van der Waals surface area contributed by atoms with Gasteiger partial charge >= 0.3 is 0 Å². The molecule has 0 radical (unpaired) electrons. The van der Waals surface area contributed by atoms with Crippen LogP contribution in [0.2, 0.25) is 0 Å². The normalized spacial score (nSPS) is 16.3. The molecule has 3 N–H and O–H groups in total. The third-order valence-corrected chi connectivity index (χ3v) is 5.87. The Morgan fingerprint density at radius 2 is 1.35 bits per heavy atom. The highest BCUT2D eigenvalue weighted by Crippen LogP contribution is 2.24. The molecule has 0 heterocycles. The quantitative estimate of drug-likeness (QED) is 0.842. The van der Waals surface area contributed by atoms with E-state index in [1.807, 2.05) is 36.4 Å². The summed E-state index contributed by atoms with van der Waals surface area (Å²) in [6.45, 7) is 0. The fourth-order valence-corrected chi connectivity index (χ4v) is 4.32. The number of hydrogen-bond acceptors (Lipinski definition) is 3. The minimum atomic E-state index is -3.44. The van der Waals surface area contributed by atoms with Crippen molar-refractivity contribution >= 4 is 15.7 Å². The van der Waals surface area contributed by atoms with Gasteiger partial charge in [-0.25, -0.2) is 13.1 Å². The van der Waals surface area contributed by atoms with Crippen molar-refractivity contribution in [3.63, 3.8) is 0 Å². The van der Waals surface area contributed by atoms with Gasteiger partial charge in [0.05, 0.1) is 4.90 Å². The first-order valence-corrected chi connectivity index (χ1v) is 9.51. The Kier molecular flexibility index (Phi) is 4.68. The molecule has 2 aromatic carbocycles. The van der Waals surface area contributed by atoms with Crippen LogP contribution in [0.3, 0.4) is 0 Å². The van der Waals surface area contributed by atoms with Gasteiger partial charge in [-0.15, -0.1) is 0 Å². The summed E-state index contributed by atoms with van der Waals surface area (Å²) in [5.41, 5.74) is 8.39. The summed E-state index contributed by atoms with van der Waals surface area (Å²) >= 11 is 0. The molecule has 0 atom stereocenters. The van der Waals surface area contributed by atoms with Crippen LogP contribution in [0.5, 0.6) is 0 Å². The standard InChI is InChI=1S/C18H22N2O2S/c19-16-10-6-14(7-11-16)15-8-12-18(13-9-15)23(21,22)20-17-4-2-1-3-5-17/h6-13,17,20H,1-5,19H2. The Hall–Kier alpha value is -1.85. The van der Waals surface area contributed by atoms with Crippen LogP contribution < -0.4 is 10.5 Å². The van der Waals surface area contributed by atoms with Crippen LogP contribution in [0.15, 0.2) is 53.4 Å². The van der Waals surface area contributed by atoms with Gasteiger partial charge in [0.15, 0.2) is 0 Å². The smallest absolute Gasteiger partial charge is 0.240 e. The van der Waals surface area contributed by atoms with Gasteiger partial charge in [0.1, 0.15) is 0 Å². The zero-order valence-corrected chi connectivity index (χ0v) is 13.9. The molecule has 0 bridgehead atoms. The summed E-state index contributed by atoms with van der Waals surface area (Å²) in [6, 6.07) is 14.6. The molecule has 1 aliphatic carbocycles. The Morgan fingerprint density at radius 3 is 1.91 bits per heavy atom. The van der Waals surface area contributed by atoms with Gasteiger partial charge in [-0.2, -0.15) is 0 Å². The Morgan fingerprint density at radius 1 is 0.826 bits per heavy atom. The fourth-order valence-electron chi connectivity index (χ4n) is 3.01. The van der Waals surface area contributed by atoms with Crippen molar-refractivity contribution in [3.05, 3.63) is 48.5 Å². The molecule has 0 amide bonds. The number of anilines is 1. The monoisotopic (exact) mass is 330 g/mol. The van der Waals surface area contributed by atoms with Crippen LogP contribution in [0, 0.1) is 0 Å². The van der Waals surface area contributed by atoms with E-state index in [-0.39, 0.29) is 6.04 Å². The van der Waals surface area contributed by atoms with Crippen LogP contribution >= 0.6 is 0 Å². The number of nitrogens with two attached hydrogens (primary N) is 1. The predicted octanol–water partition coefficient (Wildman–Crippen LogP) is 3.55. The van der Waals surface area contributed by atoms with Crippen molar-refractivity contribution in [1.29, 1.82) is 0 Å². The SMILES string of the molecule is Nc1ccc(-c2ccc(S(=O)(=O)NC3CCCCC3)cc2)cc1. The van der Waals surface area contributed by atoms with E-state index in [4.69, 9.17) is 5.73 Å². The zero-order valence-electron chi connectivity index (χ0n) is 13.0. The van der Waals surface area contributed by atoms with Gasteiger partial charge < -0.3 is 5.73 Å². The third-order valence-electron chi connectivity index (χ3n) is 4.34. The largest absolute Gasteiger partial charge is 0.399 e. The number of benzene rings is 2. The van der Waals surface area contributed by atoms with E-state index in [1.165, 1.54) is 6.42 Å². The minimum absolute atomic E-state index is 0.0746. The molecule has 5 heteroatoms. The molecule has 0 spiro atoms. The molecule has 1 aliphatic rings. The second-order valence-corrected chi connectivity index (χ2v) is 7.82. The number of sulfonamides is 1. The van der Waals surface area contributed by atoms with Gasteiger partial charge in [0.2, 0.25) is 10.0 Å². The maximum absolute atomic E-state index is 12.5. The maximum atomic E-state index is 12.5. The molecule has 2 aromatic rings. The molecule has 0 aromatic heterocycles. The second-order valence-electron chi connectivity index (χ2n) is 6.10. The molecule has 4 nitrogen and oxygen atoms in total. The van der Waals surface area contributed by atoms with E-state index >= 15 is 0 Å². The lowest BCUT2D eigenvalue weighted by Gasteiger charge is -2.22. The highest BCUT2D eigenvalue weighted by Gasteiger charge is 2.21. The Labute approximate surface area is 137 Å². The van der Waals surface area contributed by atoms with Gasteiger partial charge in [0.25, 0.3) is 0 Å². The van der Waals surface area contributed by atoms with E-state index in [2.05, 4.69) is 4.72 Å². The highest BCUT2D eigenvalue weighted by atomic mass is 32.2. The highest BCUT2D eigenvalue weighted by molar-refractivity contribution is 7.89. The first-order chi connectivity index (χ1) is 11.0. The molecule has 1 saturated carbocycles. The summed E-state index contributed by atoms with van der Waals surface area (Å²) in [5, 5.41) is 0. The van der Waals surface area contributed by atoms with Gasteiger partial charge in [-0.1, -0.05) is 43.5 Å². The number of nitrogens with one attached hydrogen (secondary N) is 1. The average Bonchev–Trinajstić information content (AvgIpc) is 2.56. The lowest BCUT2D eigenvalue weighted by Crippen LogP contribution is -2.36. The predicted molar refractivity (Wildman–Crippen MR) is 93.5 cm³/mol. The van der Waals surface area contributed by atoms with Gasteiger partial charge in [-0.3, -0.25) is 0 Å². The molecule has 122 valence electrons. The summed E-state index contributed by atoms with van der Waals surface area (Å²) < 4.78 is 27.8. The van der Waals surface area contributed by atoms with Crippen molar-refractivity contribution in [2.45, 2.75) is 43.0 Å². The van der Waals surface area contributed by atoms with E-state index < -0.39 is 10.0 Å². The second kappa shape index (κ2) is 6.72. The summed E-state index contributed by atoms with van der Waals surface area (Å²) in [6.07, 6.45) is 5.27. The Bertz CT molecular complexity index is 747. The zero-order chi connectivity index (χ0) is 16.3. The van der Waals surface area contributed by atoms with Crippen molar-refractivity contribution in [3.8, 4) is 11.1 Å². The first-order valence-electron chi connectivity index (χ1n) is 8.03. The molecule has 1 fully saturated rings. The first kappa shape index (κ1) is 16.0. The molecular formula is C18H22N2O2S. The fraction of sp³-hybridized carbons (Fsp3) is 0.333. The summed E-state index contributed by atoms with van der Waals surface area (Å²) in [4.78, 5) is 0.322. The molecule has 0 unspecified atom stereocenters. The number of hydrogen-bond donors (Lipinski definition) is 2. The molecule has 0 saturated heterocycles. The molecular weight excluding hydrogens is 308 g/mol. The van der Waals surface area contributed by atoms with Crippen LogP contribution in [-0.2, 0) is 10.0 Å². The summed E-state index contributed by atoms with van der Waals surface area (Å²) in [5.74, 6) is 0. The van der Waals surface area contributed by atoms with Crippen molar-refractivity contribution in [1.82, 2.24) is 4.72 Å². The number of nitrogen functional groups attached to an aromatic ring is 1. The lowest BCUT2D eigenvalue weighted by molar-refractivity contribution is 0.412. The van der Waals surface area contributed by atoms with Gasteiger partial charge in [0, 0.05) is 11.7 Å². The van der Waals surface area contributed by atoms with Crippen molar-refractivity contribution < 1.29 is 8.42 Å². The molecule has 3 rings (SSSR count). The van der Waals surface area contributed by atoms with Crippen molar-refractivity contribution in [2.75, 3.05) is 5.73 Å². The average molecular weight is 330 g/mol. The maximum Gasteiger partial charge on any atom is 0.240 e. The molecule has 0 aliphatic heterocycles. The van der Waals surface area contributed by atoms with Crippen LogP contribution in [0.25, 0.3) is 11.1 Å². The summed E-state index contributed by atoms with van der Waals surface area (Å²) in [7, 11) is -3.44. The Balaban J connectivity index is 1.76. The van der Waals surface area contributed by atoms with E-state index in [9.17, 15) is 8.42 Å². The van der Waals surface area contributed by atoms with E-state index in [1.54, 1.807) is 12.1 Å². The number of rotatable bonds is 4. The molecule has 23 heavy (non-hydrogen) atoms. The minimum Gasteiger partial charge on any atom is -0.399 e. The lowest BCUT2D eigenvalue weighted by atomic mass is 9.96. The third kappa shape index (κ3) is 3.92.